The number of nitrogens with zero attached hydrogens (tertiary/aromatic N) is 3. The highest BCUT2D eigenvalue weighted by Gasteiger charge is 2.57. The van der Waals surface area contributed by atoms with Gasteiger partial charge in [0.25, 0.3) is 0 Å². The van der Waals surface area contributed by atoms with Gasteiger partial charge >= 0.3 is 0 Å². The van der Waals surface area contributed by atoms with Crippen LogP contribution in [0.4, 0.5) is 5.13 Å². The number of nitrogens with one attached hydrogen (secondary N) is 1. The van der Waals surface area contributed by atoms with E-state index in [-0.39, 0.29) is 11.8 Å². The molecule has 1 aliphatic rings. The van der Waals surface area contributed by atoms with Gasteiger partial charge in [0, 0.05) is 25.9 Å². The molecule has 7 nitrogen and oxygen atoms in total. The lowest BCUT2D eigenvalue weighted by molar-refractivity contribution is -0.140. The maximum atomic E-state index is 12.8. The number of anilines is 1. The number of methoxy groups -OCH3 is 1. The van der Waals surface area contributed by atoms with Crippen LogP contribution in [0.15, 0.2) is 36.5 Å². The predicted molar refractivity (Wildman–Crippen MR) is 108 cm³/mol. The number of carbonyl (C=O) groups is 2. The number of pyridine rings is 1. The van der Waals surface area contributed by atoms with Crippen molar-refractivity contribution in [1.82, 2.24) is 14.9 Å². The Hall–Kier alpha value is -3.00. The van der Waals surface area contributed by atoms with Gasteiger partial charge in [-0.05, 0) is 18.4 Å². The summed E-state index contributed by atoms with van der Waals surface area (Å²) < 4.78 is 6.22. The van der Waals surface area contributed by atoms with Crippen molar-refractivity contribution >= 4 is 38.5 Å². The standard InChI is InChI=1S/C20H20N4O3S/c1-24(2)18(26)20(9-10-20)17(25)23-19-22-14-15(28-19)13(11-21-16(14)27-3)12-7-5-4-6-8-12/h4-8,11H,9-10H2,1-3H3,(H,22,23,25). The lowest BCUT2D eigenvalue weighted by Crippen LogP contribution is -2.39. The van der Waals surface area contributed by atoms with Crippen LogP contribution in [0.25, 0.3) is 21.3 Å². The van der Waals surface area contributed by atoms with E-state index in [1.54, 1.807) is 20.3 Å². The molecule has 3 aromatic rings. The Kier molecular flexibility index (Phi) is 4.50. The zero-order chi connectivity index (χ0) is 19.9. The first-order valence-electron chi connectivity index (χ1n) is 8.88. The molecule has 144 valence electrons. The van der Waals surface area contributed by atoms with Crippen LogP contribution >= 0.6 is 11.3 Å². The minimum Gasteiger partial charge on any atom is -0.479 e. The summed E-state index contributed by atoms with van der Waals surface area (Å²) in [6, 6.07) is 9.86. The van der Waals surface area contributed by atoms with Gasteiger partial charge in [0.1, 0.15) is 10.9 Å². The first kappa shape index (κ1) is 18.4. The molecule has 0 unspecified atom stereocenters. The SMILES string of the molecule is COc1ncc(-c2ccccc2)c2sc(NC(=O)C3(C(=O)N(C)C)CC3)nc12. The van der Waals surface area contributed by atoms with Gasteiger partial charge in [0.05, 0.1) is 11.8 Å². The van der Waals surface area contributed by atoms with Crippen molar-refractivity contribution in [2.24, 2.45) is 5.41 Å². The topological polar surface area (TPSA) is 84.4 Å². The Morgan fingerprint density at radius 3 is 2.54 bits per heavy atom. The number of hydrogen-bond acceptors (Lipinski definition) is 6. The summed E-state index contributed by atoms with van der Waals surface area (Å²) in [4.78, 5) is 35.5. The van der Waals surface area contributed by atoms with Crippen molar-refractivity contribution in [3.8, 4) is 17.0 Å². The molecule has 0 radical (unpaired) electrons. The maximum absolute atomic E-state index is 12.8. The molecule has 0 bridgehead atoms. The summed E-state index contributed by atoms with van der Waals surface area (Å²) in [7, 11) is 4.86. The highest BCUT2D eigenvalue weighted by Crippen LogP contribution is 2.48. The minimum atomic E-state index is -0.966. The number of benzene rings is 1. The molecule has 1 N–H and O–H groups in total. The van der Waals surface area contributed by atoms with Crippen LogP contribution in [0.5, 0.6) is 5.88 Å². The molecule has 2 aromatic heterocycles. The fourth-order valence-electron chi connectivity index (χ4n) is 3.22. The molecule has 2 amide bonds. The fourth-order valence-corrected chi connectivity index (χ4v) is 4.21. The monoisotopic (exact) mass is 396 g/mol. The quantitative estimate of drug-likeness (QED) is 0.670. The minimum absolute atomic E-state index is 0.171. The van der Waals surface area contributed by atoms with E-state index in [1.807, 2.05) is 30.3 Å². The Labute approximate surface area is 166 Å². The van der Waals surface area contributed by atoms with E-state index in [1.165, 1.54) is 23.3 Å². The third kappa shape index (κ3) is 2.99. The molecule has 0 aliphatic heterocycles. The Morgan fingerprint density at radius 2 is 1.93 bits per heavy atom. The average Bonchev–Trinajstić information content (AvgIpc) is 3.41. The van der Waals surface area contributed by atoms with Gasteiger partial charge in [-0.1, -0.05) is 41.7 Å². The van der Waals surface area contributed by atoms with Gasteiger partial charge in [0.15, 0.2) is 5.13 Å². The average molecular weight is 396 g/mol. The van der Waals surface area contributed by atoms with Crippen molar-refractivity contribution in [3.63, 3.8) is 0 Å². The molecule has 0 atom stereocenters. The van der Waals surface area contributed by atoms with Gasteiger partial charge in [-0.3, -0.25) is 9.59 Å². The van der Waals surface area contributed by atoms with Gasteiger partial charge in [0.2, 0.25) is 17.7 Å². The van der Waals surface area contributed by atoms with E-state index < -0.39 is 5.41 Å². The molecule has 1 aromatic carbocycles. The molecule has 1 fully saturated rings. The molecule has 2 heterocycles. The van der Waals surface area contributed by atoms with Crippen LogP contribution in [0.1, 0.15) is 12.8 Å². The van der Waals surface area contributed by atoms with Gasteiger partial charge in [-0.15, -0.1) is 0 Å². The third-order valence-electron chi connectivity index (χ3n) is 4.88. The van der Waals surface area contributed by atoms with Crippen molar-refractivity contribution in [1.29, 1.82) is 0 Å². The van der Waals surface area contributed by atoms with Crippen molar-refractivity contribution in [2.45, 2.75) is 12.8 Å². The van der Waals surface area contributed by atoms with Crippen LogP contribution < -0.4 is 10.1 Å². The normalized spacial score (nSPS) is 14.5. The molecule has 1 aliphatic carbocycles. The van der Waals surface area contributed by atoms with E-state index >= 15 is 0 Å². The number of hydrogen-bond donors (Lipinski definition) is 1. The molecular weight excluding hydrogens is 376 g/mol. The number of amides is 2. The number of thiazole rings is 1. The molecule has 1 saturated carbocycles. The highest BCUT2D eigenvalue weighted by molar-refractivity contribution is 7.23. The fraction of sp³-hybridized carbons (Fsp3) is 0.300. The van der Waals surface area contributed by atoms with Crippen LogP contribution in [-0.4, -0.2) is 47.9 Å². The van der Waals surface area contributed by atoms with E-state index in [0.717, 1.165) is 15.8 Å². The number of aromatic nitrogens is 2. The smallest absolute Gasteiger partial charge is 0.241 e. The first-order chi connectivity index (χ1) is 13.5. The highest BCUT2D eigenvalue weighted by atomic mass is 32.1. The summed E-state index contributed by atoms with van der Waals surface area (Å²) in [5, 5.41) is 3.27. The number of carbonyl (C=O) groups excluding carboxylic acids is 2. The zero-order valence-corrected chi connectivity index (χ0v) is 16.7. The molecule has 28 heavy (non-hydrogen) atoms. The molecule has 0 saturated heterocycles. The Balaban J connectivity index is 1.72. The second-order valence-electron chi connectivity index (χ2n) is 6.98. The summed E-state index contributed by atoms with van der Waals surface area (Å²) in [6.45, 7) is 0. The Morgan fingerprint density at radius 1 is 1.21 bits per heavy atom. The van der Waals surface area contributed by atoms with Crippen molar-refractivity contribution in [3.05, 3.63) is 36.5 Å². The van der Waals surface area contributed by atoms with E-state index in [4.69, 9.17) is 4.74 Å². The molecule has 0 spiro atoms. The number of fused-ring (bicyclic) bond motifs is 1. The van der Waals surface area contributed by atoms with Crippen molar-refractivity contribution in [2.75, 3.05) is 26.5 Å². The van der Waals surface area contributed by atoms with Crippen molar-refractivity contribution < 1.29 is 14.3 Å². The van der Waals surface area contributed by atoms with E-state index in [2.05, 4.69) is 15.3 Å². The number of ether oxygens (including phenoxy) is 1. The summed E-state index contributed by atoms with van der Waals surface area (Å²) >= 11 is 1.35. The van der Waals surface area contributed by atoms with Crippen LogP contribution in [0.3, 0.4) is 0 Å². The Bertz CT molecular complexity index is 1060. The lowest BCUT2D eigenvalue weighted by atomic mass is 10.1. The van der Waals surface area contributed by atoms with Crippen LogP contribution in [0.2, 0.25) is 0 Å². The van der Waals surface area contributed by atoms with Crippen LogP contribution in [-0.2, 0) is 9.59 Å². The summed E-state index contributed by atoms with van der Waals surface area (Å²) in [5.41, 5.74) is 1.55. The van der Waals surface area contributed by atoms with Gasteiger partial charge < -0.3 is 15.0 Å². The number of rotatable bonds is 5. The second-order valence-corrected chi connectivity index (χ2v) is 7.98. The third-order valence-corrected chi connectivity index (χ3v) is 5.89. The first-order valence-corrected chi connectivity index (χ1v) is 9.70. The molecule has 4 rings (SSSR count). The molecular formula is C20H20N4O3S. The largest absolute Gasteiger partial charge is 0.479 e. The summed E-state index contributed by atoms with van der Waals surface area (Å²) in [5.74, 6) is -0.0780. The second kappa shape index (κ2) is 6.87. The molecule has 8 heteroatoms. The zero-order valence-electron chi connectivity index (χ0n) is 15.9. The predicted octanol–water partition coefficient (Wildman–Crippen LogP) is 3.17. The lowest BCUT2D eigenvalue weighted by Gasteiger charge is -2.18. The summed E-state index contributed by atoms with van der Waals surface area (Å²) in [6.07, 6.45) is 2.86. The van der Waals surface area contributed by atoms with Crippen LogP contribution in [0, 0.1) is 5.41 Å². The van der Waals surface area contributed by atoms with Gasteiger partial charge in [-0.2, -0.15) is 0 Å². The van der Waals surface area contributed by atoms with E-state index in [0.29, 0.717) is 29.4 Å². The van der Waals surface area contributed by atoms with Gasteiger partial charge in [-0.25, -0.2) is 9.97 Å². The van der Waals surface area contributed by atoms with E-state index in [9.17, 15) is 9.59 Å². The maximum Gasteiger partial charge on any atom is 0.241 e.